The maximum absolute atomic E-state index is 13.6. The number of unbranched alkanes of at least 4 members (excludes halogenated alkanes) is 1. The Labute approximate surface area is 190 Å². The van der Waals surface area contributed by atoms with Crippen LogP contribution in [0.25, 0.3) is 0 Å². The van der Waals surface area contributed by atoms with Gasteiger partial charge in [0.05, 0.1) is 22.5 Å². The Bertz CT molecular complexity index is 1120. The minimum absolute atomic E-state index is 0.152. The lowest BCUT2D eigenvalue weighted by molar-refractivity contribution is -0.142. The van der Waals surface area contributed by atoms with E-state index in [4.69, 9.17) is 11.6 Å². The van der Waals surface area contributed by atoms with E-state index < -0.39 is 23.4 Å². The highest BCUT2D eigenvalue weighted by atomic mass is 35.5. The number of rotatable bonds is 5. The molecule has 7 nitrogen and oxygen atoms in total. The molecule has 3 heterocycles. The summed E-state index contributed by atoms with van der Waals surface area (Å²) in [5, 5.41) is 16.3. The van der Waals surface area contributed by atoms with Gasteiger partial charge in [-0.3, -0.25) is 24.6 Å². The van der Waals surface area contributed by atoms with E-state index in [1.54, 1.807) is 42.5 Å². The van der Waals surface area contributed by atoms with E-state index >= 15 is 0 Å². The molecule has 32 heavy (non-hydrogen) atoms. The summed E-state index contributed by atoms with van der Waals surface area (Å²) in [7, 11) is 0. The van der Waals surface area contributed by atoms with Crippen LogP contribution >= 0.6 is 11.6 Å². The van der Waals surface area contributed by atoms with Gasteiger partial charge in [0.25, 0.3) is 0 Å². The zero-order chi connectivity index (χ0) is 22.6. The highest BCUT2D eigenvalue weighted by molar-refractivity contribution is 6.35. The molecule has 8 heteroatoms. The number of fused-ring (bicyclic) bond motifs is 4. The van der Waals surface area contributed by atoms with Crippen molar-refractivity contribution in [3.05, 3.63) is 58.6 Å². The summed E-state index contributed by atoms with van der Waals surface area (Å²) in [5.74, 6) is -2.25. The third-order valence-corrected chi connectivity index (χ3v) is 7.23. The normalized spacial score (nSPS) is 28.4. The average Bonchev–Trinajstić information content (AvgIpc) is 3.35. The molecule has 5 rings (SSSR count). The van der Waals surface area contributed by atoms with Crippen LogP contribution in [0.1, 0.15) is 30.9 Å². The lowest BCUT2D eigenvalue weighted by Gasteiger charge is -2.29. The number of nitrogens with one attached hydrogen (secondary N) is 2. The number of anilines is 1. The fourth-order valence-corrected chi connectivity index (χ4v) is 5.67. The van der Waals surface area contributed by atoms with Crippen molar-refractivity contribution >= 4 is 35.0 Å². The maximum atomic E-state index is 13.6. The lowest BCUT2D eigenvalue weighted by atomic mass is 9.76. The van der Waals surface area contributed by atoms with E-state index in [2.05, 4.69) is 10.6 Å². The molecule has 0 aromatic heterocycles. The van der Waals surface area contributed by atoms with Gasteiger partial charge in [-0.15, -0.1) is 0 Å². The van der Waals surface area contributed by atoms with E-state index in [0.29, 0.717) is 35.7 Å². The van der Waals surface area contributed by atoms with Gasteiger partial charge < -0.3 is 10.4 Å². The molecule has 2 fully saturated rings. The molecule has 0 bridgehead atoms. The fraction of sp³-hybridized carbons (Fsp3) is 0.375. The number of carbonyl (C=O) groups is 3. The van der Waals surface area contributed by atoms with Gasteiger partial charge >= 0.3 is 0 Å². The number of imide groups is 1. The second-order valence-electron chi connectivity index (χ2n) is 8.73. The van der Waals surface area contributed by atoms with E-state index in [-0.39, 0.29) is 23.5 Å². The van der Waals surface area contributed by atoms with Crippen molar-refractivity contribution in [1.82, 2.24) is 10.2 Å². The molecule has 2 saturated heterocycles. The minimum Gasteiger partial charge on any atom is -0.508 e. The van der Waals surface area contributed by atoms with Crippen LogP contribution in [0.2, 0.25) is 5.02 Å². The predicted molar refractivity (Wildman–Crippen MR) is 119 cm³/mol. The van der Waals surface area contributed by atoms with Gasteiger partial charge in [-0.2, -0.15) is 0 Å². The molecule has 2 aromatic rings. The number of para-hydroxylation sites is 1. The van der Waals surface area contributed by atoms with Gasteiger partial charge in [-0.25, -0.2) is 0 Å². The number of hydrogen-bond acceptors (Lipinski definition) is 5. The number of halogens is 1. The molecule has 0 saturated carbocycles. The monoisotopic (exact) mass is 453 g/mol. The van der Waals surface area contributed by atoms with E-state index in [0.717, 1.165) is 12.0 Å². The van der Waals surface area contributed by atoms with E-state index in [1.807, 2.05) is 6.92 Å². The Morgan fingerprint density at radius 2 is 1.84 bits per heavy atom. The second-order valence-corrected chi connectivity index (χ2v) is 9.14. The van der Waals surface area contributed by atoms with Crippen LogP contribution < -0.4 is 10.6 Å². The first kappa shape index (κ1) is 21.0. The largest absolute Gasteiger partial charge is 0.508 e. The van der Waals surface area contributed by atoms with Crippen LogP contribution in [0.4, 0.5) is 5.69 Å². The summed E-state index contributed by atoms with van der Waals surface area (Å²) in [6.45, 7) is 2.36. The van der Waals surface area contributed by atoms with Crippen LogP contribution in [0.15, 0.2) is 42.5 Å². The topological polar surface area (TPSA) is 98.7 Å². The Morgan fingerprint density at radius 1 is 1.09 bits per heavy atom. The van der Waals surface area contributed by atoms with Gasteiger partial charge in [0.1, 0.15) is 11.3 Å². The predicted octanol–water partition coefficient (Wildman–Crippen LogP) is 2.81. The molecule has 3 N–H and O–H groups in total. The molecule has 3 amide bonds. The number of amides is 3. The van der Waals surface area contributed by atoms with Crippen molar-refractivity contribution in [2.24, 2.45) is 11.8 Å². The Morgan fingerprint density at radius 3 is 2.56 bits per heavy atom. The van der Waals surface area contributed by atoms with Crippen LogP contribution in [-0.4, -0.2) is 40.3 Å². The van der Waals surface area contributed by atoms with Crippen molar-refractivity contribution in [3.8, 4) is 5.75 Å². The van der Waals surface area contributed by atoms with Crippen molar-refractivity contribution in [3.63, 3.8) is 0 Å². The highest BCUT2D eigenvalue weighted by Gasteiger charge is 2.70. The molecule has 166 valence electrons. The summed E-state index contributed by atoms with van der Waals surface area (Å²) in [4.78, 5) is 41.8. The second kappa shape index (κ2) is 7.60. The smallest absolute Gasteiger partial charge is 0.250 e. The molecule has 0 unspecified atom stereocenters. The summed E-state index contributed by atoms with van der Waals surface area (Å²) in [5.41, 5.74) is 0.646. The molecule has 4 atom stereocenters. The molecule has 0 radical (unpaired) electrons. The Hall–Kier alpha value is -2.90. The highest BCUT2D eigenvalue weighted by Crippen LogP contribution is 2.54. The first-order chi connectivity index (χ1) is 15.4. The van der Waals surface area contributed by atoms with E-state index in [9.17, 15) is 19.5 Å². The number of benzene rings is 2. The maximum Gasteiger partial charge on any atom is 0.250 e. The van der Waals surface area contributed by atoms with Gasteiger partial charge in [-0.05, 0) is 36.6 Å². The fourth-order valence-electron chi connectivity index (χ4n) is 5.45. The Balaban J connectivity index is 1.61. The zero-order valence-corrected chi connectivity index (χ0v) is 18.4. The van der Waals surface area contributed by atoms with Gasteiger partial charge in [0.15, 0.2) is 0 Å². The molecule has 2 aromatic carbocycles. The first-order valence-electron chi connectivity index (χ1n) is 10.9. The summed E-state index contributed by atoms with van der Waals surface area (Å²) >= 11 is 6.35. The number of hydrogen-bond donors (Lipinski definition) is 3. The number of phenols is 1. The summed E-state index contributed by atoms with van der Waals surface area (Å²) in [6.07, 6.45) is 2.01. The van der Waals surface area contributed by atoms with Crippen LogP contribution in [0.5, 0.6) is 5.75 Å². The molecule has 1 spiro atoms. The summed E-state index contributed by atoms with van der Waals surface area (Å²) < 4.78 is 0. The van der Waals surface area contributed by atoms with Gasteiger partial charge in [0, 0.05) is 18.2 Å². The van der Waals surface area contributed by atoms with E-state index in [1.165, 1.54) is 4.90 Å². The molecule has 3 aliphatic heterocycles. The molecular formula is C24H24ClN3O4. The van der Waals surface area contributed by atoms with Crippen molar-refractivity contribution < 1.29 is 19.5 Å². The SMILES string of the molecule is CCCCN1C(=O)[C@@H]2[C@H](Cc3ccc(O)cc3)N[C@]3(C(=O)Nc4c(Cl)cccc43)[C@@H]2C1=O. The van der Waals surface area contributed by atoms with Gasteiger partial charge in [-0.1, -0.05) is 49.2 Å². The standard InChI is InChI=1S/C24H24ClN3O4/c1-2-3-11-28-21(30)18-17(12-13-7-9-14(29)10-8-13)27-24(19(18)22(28)31)15-5-4-6-16(25)20(15)26-23(24)32/h4-10,17-19,27,29H,2-3,11-12H2,1H3,(H,26,32)/t17-,18+,19-,24-/m0/s1. The minimum atomic E-state index is -1.35. The van der Waals surface area contributed by atoms with Crippen molar-refractivity contribution in [2.45, 2.75) is 37.8 Å². The molecular weight excluding hydrogens is 430 g/mol. The number of aromatic hydroxyl groups is 1. The van der Waals surface area contributed by atoms with Crippen LogP contribution in [-0.2, 0) is 26.3 Å². The first-order valence-corrected chi connectivity index (χ1v) is 11.3. The zero-order valence-electron chi connectivity index (χ0n) is 17.6. The number of likely N-dealkylation sites (tertiary alicyclic amines) is 1. The number of carbonyl (C=O) groups excluding carboxylic acids is 3. The molecule has 3 aliphatic rings. The summed E-state index contributed by atoms with van der Waals surface area (Å²) in [6, 6.07) is 11.5. The number of phenolic OH excluding ortho intramolecular Hbond substituents is 1. The lowest BCUT2D eigenvalue weighted by Crippen LogP contribution is -2.53. The Kier molecular flexibility index (Phi) is 4.98. The third kappa shape index (κ3) is 2.88. The van der Waals surface area contributed by atoms with Crippen LogP contribution in [0.3, 0.4) is 0 Å². The van der Waals surface area contributed by atoms with Crippen molar-refractivity contribution in [1.29, 1.82) is 0 Å². The number of nitrogens with zero attached hydrogens (tertiary/aromatic N) is 1. The van der Waals surface area contributed by atoms with Crippen LogP contribution in [0, 0.1) is 11.8 Å². The van der Waals surface area contributed by atoms with Gasteiger partial charge in [0.2, 0.25) is 17.7 Å². The average molecular weight is 454 g/mol. The quantitative estimate of drug-likeness (QED) is 0.605. The van der Waals surface area contributed by atoms with Crippen molar-refractivity contribution in [2.75, 3.05) is 11.9 Å². The molecule has 0 aliphatic carbocycles. The third-order valence-electron chi connectivity index (χ3n) is 6.92.